The lowest BCUT2D eigenvalue weighted by Gasteiger charge is -2.02. The van der Waals surface area contributed by atoms with Gasteiger partial charge in [0.2, 0.25) is 0 Å². The number of H-pyrrole nitrogens is 1. The molecular weight excluding hydrogens is 188 g/mol. The quantitative estimate of drug-likeness (QED) is 0.779. The fourth-order valence-electron chi connectivity index (χ4n) is 1.47. The van der Waals surface area contributed by atoms with E-state index in [0.29, 0.717) is 5.56 Å². The van der Waals surface area contributed by atoms with E-state index in [-0.39, 0.29) is 5.56 Å². The summed E-state index contributed by atoms with van der Waals surface area (Å²) in [7, 11) is 1.87. The minimum atomic E-state index is -0.0605. The number of hydrogen-bond acceptors (Lipinski definition) is 2. The fourth-order valence-corrected chi connectivity index (χ4v) is 1.47. The molecule has 1 heterocycles. The van der Waals surface area contributed by atoms with Crippen molar-refractivity contribution >= 4 is 5.69 Å². The van der Waals surface area contributed by atoms with Crippen LogP contribution in [0.3, 0.4) is 0 Å². The Labute approximate surface area is 87.8 Å². The molecule has 0 aliphatic rings. The summed E-state index contributed by atoms with van der Waals surface area (Å²) in [6.07, 6.45) is 1.63. The summed E-state index contributed by atoms with van der Waals surface area (Å²) in [5.74, 6) is 0. The van der Waals surface area contributed by atoms with Gasteiger partial charge in [-0.05, 0) is 29.8 Å². The third kappa shape index (κ3) is 1.91. The first kappa shape index (κ1) is 9.52. The maximum Gasteiger partial charge on any atom is 0.255 e. The molecule has 76 valence electrons. The average Bonchev–Trinajstić information content (AvgIpc) is 2.30. The maximum atomic E-state index is 11.5. The molecule has 0 aliphatic heterocycles. The molecule has 0 atom stereocenters. The van der Waals surface area contributed by atoms with Gasteiger partial charge in [-0.25, -0.2) is 0 Å². The van der Waals surface area contributed by atoms with Crippen LogP contribution in [0.2, 0.25) is 0 Å². The third-order valence-electron chi connectivity index (χ3n) is 2.30. The van der Waals surface area contributed by atoms with Crippen molar-refractivity contribution in [3.05, 3.63) is 52.9 Å². The molecule has 0 unspecified atom stereocenters. The zero-order valence-corrected chi connectivity index (χ0v) is 8.45. The van der Waals surface area contributed by atoms with Crippen molar-refractivity contribution in [1.82, 2.24) is 4.98 Å². The smallest absolute Gasteiger partial charge is 0.255 e. The van der Waals surface area contributed by atoms with Gasteiger partial charge in [0, 0.05) is 24.5 Å². The van der Waals surface area contributed by atoms with Gasteiger partial charge in [-0.3, -0.25) is 4.79 Å². The Morgan fingerprint density at radius 1 is 1.13 bits per heavy atom. The molecule has 0 radical (unpaired) electrons. The molecule has 0 saturated heterocycles. The fraction of sp³-hybridized carbons (Fsp3) is 0.0833. The molecule has 0 aliphatic carbocycles. The first-order valence-electron chi connectivity index (χ1n) is 4.77. The highest BCUT2D eigenvalue weighted by atomic mass is 16.1. The van der Waals surface area contributed by atoms with Crippen molar-refractivity contribution in [3.63, 3.8) is 0 Å². The number of hydrogen-bond donors (Lipinski definition) is 2. The third-order valence-corrected chi connectivity index (χ3v) is 2.30. The Morgan fingerprint density at radius 2 is 1.87 bits per heavy atom. The van der Waals surface area contributed by atoms with Gasteiger partial charge in [-0.2, -0.15) is 0 Å². The highest BCUT2D eigenvalue weighted by molar-refractivity contribution is 5.64. The molecule has 1 aromatic heterocycles. The van der Waals surface area contributed by atoms with E-state index in [2.05, 4.69) is 10.3 Å². The van der Waals surface area contributed by atoms with E-state index in [1.54, 1.807) is 6.20 Å². The topological polar surface area (TPSA) is 44.9 Å². The summed E-state index contributed by atoms with van der Waals surface area (Å²) in [6, 6.07) is 11.4. The van der Waals surface area contributed by atoms with Crippen molar-refractivity contribution in [2.45, 2.75) is 0 Å². The molecule has 0 spiro atoms. The predicted octanol–water partition coefficient (Wildman–Crippen LogP) is 2.08. The van der Waals surface area contributed by atoms with Crippen molar-refractivity contribution in [3.8, 4) is 11.1 Å². The SMILES string of the molecule is CNc1ccc(-c2ccc[nH]c2=O)cc1. The normalized spacial score (nSPS) is 9.93. The molecule has 2 N–H and O–H groups in total. The largest absolute Gasteiger partial charge is 0.388 e. The zero-order chi connectivity index (χ0) is 10.7. The molecular formula is C12H12N2O. The second kappa shape index (κ2) is 4.00. The number of aromatic nitrogens is 1. The van der Waals surface area contributed by atoms with E-state index < -0.39 is 0 Å². The van der Waals surface area contributed by atoms with Gasteiger partial charge in [-0.1, -0.05) is 12.1 Å². The highest BCUT2D eigenvalue weighted by Gasteiger charge is 2.00. The van der Waals surface area contributed by atoms with E-state index in [1.807, 2.05) is 43.4 Å². The molecule has 1 aromatic carbocycles. The second-order valence-corrected chi connectivity index (χ2v) is 3.24. The van der Waals surface area contributed by atoms with Gasteiger partial charge in [-0.15, -0.1) is 0 Å². The van der Waals surface area contributed by atoms with Gasteiger partial charge in [0.05, 0.1) is 0 Å². The molecule has 0 amide bonds. The summed E-state index contributed by atoms with van der Waals surface area (Å²) in [6.45, 7) is 0. The van der Waals surface area contributed by atoms with Crippen LogP contribution in [-0.2, 0) is 0 Å². The van der Waals surface area contributed by atoms with Crippen LogP contribution in [0.25, 0.3) is 11.1 Å². The number of rotatable bonds is 2. The molecule has 0 bridgehead atoms. The van der Waals surface area contributed by atoms with Crippen molar-refractivity contribution < 1.29 is 0 Å². The Morgan fingerprint density at radius 3 is 2.47 bits per heavy atom. The lowest BCUT2D eigenvalue weighted by molar-refractivity contribution is 1.24. The van der Waals surface area contributed by atoms with E-state index in [4.69, 9.17) is 0 Å². The molecule has 3 heteroatoms. The monoisotopic (exact) mass is 200 g/mol. The Hall–Kier alpha value is -2.03. The molecule has 3 nitrogen and oxygen atoms in total. The Balaban J connectivity index is 2.46. The summed E-state index contributed by atoms with van der Waals surface area (Å²) in [4.78, 5) is 14.2. The van der Waals surface area contributed by atoms with Gasteiger partial charge in [0.1, 0.15) is 0 Å². The van der Waals surface area contributed by atoms with Crippen LogP contribution < -0.4 is 10.9 Å². The van der Waals surface area contributed by atoms with Gasteiger partial charge >= 0.3 is 0 Å². The lowest BCUT2D eigenvalue weighted by atomic mass is 10.1. The van der Waals surface area contributed by atoms with E-state index in [0.717, 1.165) is 11.3 Å². The highest BCUT2D eigenvalue weighted by Crippen LogP contribution is 2.17. The number of pyridine rings is 1. The average molecular weight is 200 g/mol. The van der Waals surface area contributed by atoms with E-state index >= 15 is 0 Å². The van der Waals surface area contributed by atoms with Crippen LogP contribution in [-0.4, -0.2) is 12.0 Å². The molecule has 15 heavy (non-hydrogen) atoms. The van der Waals surface area contributed by atoms with Crippen molar-refractivity contribution in [2.75, 3.05) is 12.4 Å². The number of aromatic amines is 1. The standard InChI is InChI=1S/C12H12N2O/c1-13-10-6-4-9(5-7-10)11-3-2-8-14-12(11)15/h2-8,13H,1H3,(H,14,15). The van der Waals surface area contributed by atoms with Crippen LogP contribution in [0.4, 0.5) is 5.69 Å². The Bertz CT molecular complexity index is 500. The summed E-state index contributed by atoms with van der Waals surface area (Å²) < 4.78 is 0. The molecule has 0 fully saturated rings. The predicted molar refractivity (Wildman–Crippen MR) is 62.0 cm³/mol. The molecule has 2 rings (SSSR count). The van der Waals surface area contributed by atoms with Crippen molar-refractivity contribution in [2.24, 2.45) is 0 Å². The first-order valence-corrected chi connectivity index (χ1v) is 4.77. The van der Waals surface area contributed by atoms with E-state index in [9.17, 15) is 4.79 Å². The van der Waals surface area contributed by atoms with Gasteiger partial charge in [0.15, 0.2) is 0 Å². The van der Waals surface area contributed by atoms with Crippen LogP contribution in [0.1, 0.15) is 0 Å². The van der Waals surface area contributed by atoms with Crippen molar-refractivity contribution in [1.29, 1.82) is 0 Å². The van der Waals surface area contributed by atoms with Gasteiger partial charge < -0.3 is 10.3 Å². The summed E-state index contributed by atoms with van der Waals surface area (Å²) >= 11 is 0. The first-order chi connectivity index (χ1) is 7.31. The van der Waals surface area contributed by atoms with Crippen LogP contribution in [0, 0.1) is 0 Å². The summed E-state index contributed by atoms with van der Waals surface area (Å²) in [5, 5.41) is 3.03. The lowest BCUT2D eigenvalue weighted by Crippen LogP contribution is -2.06. The van der Waals surface area contributed by atoms with E-state index in [1.165, 1.54) is 0 Å². The number of nitrogens with one attached hydrogen (secondary N) is 2. The number of anilines is 1. The second-order valence-electron chi connectivity index (χ2n) is 3.24. The minimum Gasteiger partial charge on any atom is -0.388 e. The summed E-state index contributed by atoms with van der Waals surface area (Å²) in [5.41, 5.74) is 2.59. The number of benzene rings is 1. The van der Waals surface area contributed by atoms with Crippen LogP contribution >= 0.6 is 0 Å². The molecule has 2 aromatic rings. The Kier molecular flexibility index (Phi) is 2.54. The minimum absolute atomic E-state index is 0.0605. The van der Waals surface area contributed by atoms with Crippen LogP contribution in [0.5, 0.6) is 0 Å². The van der Waals surface area contributed by atoms with Crippen LogP contribution in [0.15, 0.2) is 47.4 Å². The zero-order valence-electron chi connectivity index (χ0n) is 8.45. The maximum absolute atomic E-state index is 11.5. The molecule has 0 saturated carbocycles. The van der Waals surface area contributed by atoms with Gasteiger partial charge in [0.25, 0.3) is 5.56 Å².